The summed E-state index contributed by atoms with van der Waals surface area (Å²) in [6.45, 7) is 3.17. The fraction of sp³-hybridized carbons (Fsp3) is 0.280. The van der Waals surface area contributed by atoms with Gasteiger partial charge in [0.2, 0.25) is 0 Å². The van der Waals surface area contributed by atoms with Gasteiger partial charge in [-0.2, -0.15) is 0 Å². The number of carboxylic acid groups (broad SMARTS) is 1. The molecule has 0 saturated carbocycles. The molecule has 1 heterocycles. The zero-order valence-corrected chi connectivity index (χ0v) is 20.0. The molecule has 4 rings (SSSR count). The maximum atomic E-state index is 12.4. The standard InChI is InChI=1S/C25H25N3O6S/c1-13(29)21(24(31)32)28-23(30)22-14(2)35-20(27-22)11-26-25(33)34-12-19-17-9-5-3-7-15(17)16-8-4-6-10-18(16)19/h3-10,13,19,21,29H,11-12H2,1-2H3,(H,26,33)(H,28,30)(H,31,32)/t13-,21+/m1/s1. The van der Waals surface area contributed by atoms with Crippen molar-refractivity contribution < 1.29 is 29.3 Å². The van der Waals surface area contributed by atoms with Crippen molar-refractivity contribution in [3.8, 4) is 11.1 Å². The van der Waals surface area contributed by atoms with Crippen LogP contribution < -0.4 is 10.6 Å². The number of fused-ring (bicyclic) bond motifs is 3. The lowest BCUT2D eigenvalue weighted by atomic mass is 9.98. The molecule has 1 aliphatic carbocycles. The number of amides is 2. The number of carboxylic acids is 1. The van der Waals surface area contributed by atoms with Crippen LogP contribution in [-0.4, -0.2) is 51.9 Å². The number of carbonyl (C=O) groups is 3. The molecular formula is C25H25N3O6S. The van der Waals surface area contributed by atoms with E-state index in [2.05, 4.69) is 27.8 Å². The van der Waals surface area contributed by atoms with Gasteiger partial charge in [0.05, 0.1) is 12.6 Å². The molecule has 10 heteroatoms. The zero-order chi connectivity index (χ0) is 25.1. The Balaban J connectivity index is 1.35. The van der Waals surface area contributed by atoms with E-state index in [1.807, 2.05) is 36.4 Å². The third-order valence-corrected chi connectivity index (χ3v) is 6.79. The second kappa shape index (κ2) is 10.2. The number of benzene rings is 2. The quantitative estimate of drug-likeness (QED) is 0.377. The number of carbonyl (C=O) groups excluding carboxylic acids is 2. The van der Waals surface area contributed by atoms with Crippen LogP contribution in [0.25, 0.3) is 11.1 Å². The number of ether oxygens (including phenoxy) is 1. The Morgan fingerprint density at radius 3 is 2.26 bits per heavy atom. The van der Waals surface area contributed by atoms with E-state index in [0.29, 0.717) is 9.88 Å². The predicted octanol–water partition coefficient (Wildman–Crippen LogP) is 3.05. The maximum absolute atomic E-state index is 12.4. The Morgan fingerprint density at radius 2 is 1.69 bits per heavy atom. The van der Waals surface area contributed by atoms with Crippen LogP contribution in [0.3, 0.4) is 0 Å². The molecule has 4 N–H and O–H groups in total. The van der Waals surface area contributed by atoms with Crippen LogP contribution in [0.2, 0.25) is 0 Å². The van der Waals surface area contributed by atoms with E-state index in [1.165, 1.54) is 18.3 Å². The summed E-state index contributed by atoms with van der Waals surface area (Å²) in [4.78, 5) is 40.8. The van der Waals surface area contributed by atoms with Crippen molar-refractivity contribution in [3.05, 3.63) is 75.2 Å². The van der Waals surface area contributed by atoms with Crippen molar-refractivity contribution >= 4 is 29.3 Å². The number of rotatable bonds is 8. The number of aliphatic hydroxyl groups excluding tert-OH is 1. The summed E-state index contributed by atoms with van der Waals surface area (Å²) in [7, 11) is 0. The molecule has 2 aromatic carbocycles. The van der Waals surface area contributed by atoms with Gasteiger partial charge in [-0.1, -0.05) is 48.5 Å². The van der Waals surface area contributed by atoms with E-state index in [9.17, 15) is 19.5 Å². The molecule has 2 atom stereocenters. The van der Waals surface area contributed by atoms with Gasteiger partial charge in [-0.3, -0.25) is 4.79 Å². The van der Waals surface area contributed by atoms with Crippen LogP contribution >= 0.6 is 11.3 Å². The molecule has 182 valence electrons. The van der Waals surface area contributed by atoms with Gasteiger partial charge >= 0.3 is 12.1 Å². The molecule has 9 nitrogen and oxygen atoms in total. The number of aryl methyl sites for hydroxylation is 1. The van der Waals surface area contributed by atoms with Gasteiger partial charge in [0.15, 0.2) is 6.04 Å². The van der Waals surface area contributed by atoms with Crippen molar-refractivity contribution in [1.29, 1.82) is 0 Å². The molecule has 0 fully saturated rings. The van der Waals surface area contributed by atoms with Gasteiger partial charge < -0.3 is 25.6 Å². The summed E-state index contributed by atoms with van der Waals surface area (Å²) in [5, 5.41) is 24.1. The Hall–Kier alpha value is -3.76. The Kier molecular flexibility index (Phi) is 7.13. The zero-order valence-electron chi connectivity index (χ0n) is 19.1. The van der Waals surface area contributed by atoms with Gasteiger partial charge in [0.1, 0.15) is 17.3 Å². The van der Waals surface area contributed by atoms with Crippen LogP contribution in [0.1, 0.15) is 44.3 Å². The molecule has 1 aromatic heterocycles. The minimum Gasteiger partial charge on any atom is -0.480 e. The van der Waals surface area contributed by atoms with Crippen molar-refractivity contribution in [1.82, 2.24) is 15.6 Å². The van der Waals surface area contributed by atoms with E-state index < -0.39 is 30.1 Å². The van der Waals surface area contributed by atoms with Crippen LogP contribution in [0.4, 0.5) is 4.79 Å². The van der Waals surface area contributed by atoms with E-state index in [-0.39, 0.29) is 24.8 Å². The lowest BCUT2D eigenvalue weighted by molar-refractivity contribution is -0.141. The van der Waals surface area contributed by atoms with Gasteiger partial charge in [0.25, 0.3) is 5.91 Å². The summed E-state index contributed by atoms with van der Waals surface area (Å²) >= 11 is 1.20. The topological polar surface area (TPSA) is 138 Å². The van der Waals surface area contributed by atoms with Gasteiger partial charge in [0, 0.05) is 10.8 Å². The average molecular weight is 496 g/mol. The number of alkyl carbamates (subject to hydrolysis) is 1. The molecule has 0 spiro atoms. The number of hydrogen-bond acceptors (Lipinski definition) is 7. The third kappa shape index (κ3) is 5.18. The van der Waals surface area contributed by atoms with E-state index in [4.69, 9.17) is 9.84 Å². The molecule has 0 radical (unpaired) electrons. The predicted molar refractivity (Wildman–Crippen MR) is 129 cm³/mol. The third-order valence-electron chi connectivity index (χ3n) is 5.82. The molecule has 2 amide bonds. The first-order valence-electron chi connectivity index (χ1n) is 11.0. The molecule has 35 heavy (non-hydrogen) atoms. The monoisotopic (exact) mass is 495 g/mol. The van der Waals surface area contributed by atoms with E-state index in [0.717, 1.165) is 22.3 Å². The minimum atomic E-state index is -1.45. The Morgan fingerprint density at radius 1 is 1.09 bits per heavy atom. The molecule has 0 bridgehead atoms. The summed E-state index contributed by atoms with van der Waals surface area (Å²) < 4.78 is 5.51. The van der Waals surface area contributed by atoms with Crippen molar-refractivity contribution in [2.24, 2.45) is 0 Å². The number of nitrogens with one attached hydrogen (secondary N) is 2. The van der Waals surface area contributed by atoms with Crippen molar-refractivity contribution in [2.45, 2.75) is 38.5 Å². The molecular weight excluding hydrogens is 470 g/mol. The molecule has 0 aliphatic heterocycles. The number of thiazole rings is 1. The number of aromatic nitrogens is 1. The first-order valence-corrected chi connectivity index (χ1v) is 11.8. The highest BCUT2D eigenvalue weighted by Gasteiger charge is 2.29. The van der Waals surface area contributed by atoms with Crippen LogP contribution in [0.5, 0.6) is 0 Å². The van der Waals surface area contributed by atoms with E-state index >= 15 is 0 Å². The first-order chi connectivity index (χ1) is 16.8. The summed E-state index contributed by atoms with van der Waals surface area (Å²) in [5.74, 6) is -2.11. The molecule has 1 aliphatic rings. The van der Waals surface area contributed by atoms with Crippen molar-refractivity contribution in [2.75, 3.05) is 6.61 Å². The highest BCUT2D eigenvalue weighted by atomic mass is 32.1. The molecule has 0 saturated heterocycles. The molecule has 0 unspecified atom stereocenters. The summed E-state index contributed by atoms with van der Waals surface area (Å²) in [6.07, 6.45) is -1.88. The second-order valence-electron chi connectivity index (χ2n) is 8.22. The number of aliphatic hydroxyl groups is 1. The Labute approximate surface area is 205 Å². The lowest BCUT2D eigenvalue weighted by Crippen LogP contribution is -2.47. The highest BCUT2D eigenvalue weighted by Crippen LogP contribution is 2.44. The number of aliphatic carboxylic acids is 1. The minimum absolute atomic E-state index is 0.0474. The second-order valence-corrected chi connectivity index (χ2v) is 9.51. The fourth-order valence-corrected chi connectivity index (χ4v) is 5.00. The highest BCUT2D eigenvalue weighted by molar-refractivity contribution is 7.11. The first kappa shape index (κ1) is 24.4. The maximum Gasteiger partial charge on any atom is 0.407 e. The fourth-order valence-electron chi connectivity index (χ4n) is 4.13. The number of hydrogen-bond donors (Lipinski definition) is 4. The van der Waals surface area contributed by atoms with Gasteiger partial charge in [-0.25, -0.2) is 14.6 Å². The van der Waals surface area contributed by atoms with Crippen LogP contribution in [0.15, 0.2) is 48.5 Å². The summed E-state index contributed by atoms with van der Waals surface area (Å²) in [5.41, 5.74) is 4.56. The molecule has 3 aromatic rings. The Bertz CT molecular complexity index is 1230. The number of nitrogens with zero attached hydrogens (tertiary/aromatic N) is 1. The average Bonchev–Trinajstić information content (AvgIpc) is 3.37. The SMILES string of the molecule is Cc1sc(CNC(=O)OCC2c3ccccc3-c3ccccc32)nc1C(=O)N[C@H](C(=O)O)[C@@H](C)O. The normalized spacial score (nSPS) is 13.9. The summed E-state index contributed by atoms with van der Waals surface area (Å²) in [6, 6.07) is 14.7. The van der Waals surface area contributed by atoms with Gasteiger partial charge in [-0.05, 0) is 36.1 Å². The van der Waals surface area contributed by atoms with Crippen LogP contribution in [-0.2, 0) is 16.1 Å². The van der Waals surface area contributed by atoms with Crippen LogP contribution in [0, 0.1) is 6.92 Å². The smallest absolute Gasteiger partial charge is 0.407 e. The lowest BCUT2D eigenvalue weighted by Gasteiger charge is -2.16. The van der Waals surface area contributed by atoms with Gasteiger partial charge in [-0.15, -0.1) is 11.3 Å². The largest absolute Gasteiger partial charge is 0.480 e. The van der Waals surface area contributed by atoms with E-state index in [1.54, 1.807) is 6.92 Å². The van der Waals surface area contributed by atoms with Crippen molar-refractivity contribution in [3.63, 3.8) is 0 Å².